The van der Waals surface area contributed by atoms with Crippen LogP contribution in [0.5, 0.6) is 0 Å². The molecule has 10 heavy (non-hydrogen) atoms. The normalized spacial score (nSPS) is 36.3. The molecule has 0 aromatic rings. The molecule has 1 saturated heterocycles. The van der Waals surface area contributed by atoms with E-state index in [1.54, 1.807) is 0 Å². The summed E-state index contributed by atoms with van der Waals surface area (Å²) in [4.78, 5) is 2.42. The summed E-state index contributed by atoms with van der Waals surface area (Å²) in [6, 6.07) is 0.802. The SMILES string of the molecule is CCC1CCNC(C)N1C. The van der Waals surface area contributed by atoms with Gasteiger partial charge in [0, 0.05) is 6.04 Å². The Hall–Kier alpha value is -0.0800. The molecule has 0 amide bonds. The van der Waals surface area contributed by atoms with Gasteiger partial charge in [-0.2, -0.15) is 0 Å². The minimum absolute atomic E-state index is 0.568. The summed E-state index contributed by atoms with van der Waals surface area (Å²) < 4.78 is 0. The van der Waals surface area contributed by atoms with Gasteiger partial charge in [-0.05, 0) is 33.4 Å². The highest BCUT2D eigenvalue weighted by atomic mass is 15.3. The fourth-order valence-electron chi connectivity index (χ4n) is 1.61. The van der Waals surface area contributed by atoms with E-state index in [-0.39, 0.29) is 0 Å². The van der Waals surface area contributed by atoms with E-state index in [0.717, 1.165) is 6.04 Å². The number of nitrogens with one attached hydrogen (secondary N) is 1. The van der Waals surface area contributed by atoms with Gasteiger partial charge in [-0.15, -0.1) is 0 Å². The van der Waals surface area contributed by atoms with E-state index >= 15 is 0 Å². The minimum Gasteiger partial charge on any atom is -0.302 e. The van der Waals surface area contributed by atoms with E-state index in [4.69, 9.17) is 0 Å². The Bertz CT molecular complexity index is 103. The molecule has 0 saturated carbocycles. The van der Waals surface area contributed by atoms with Gasteiger partial charge >= 0.3 is 0 Å². The maximum absolute atomic E-state index is 3.42. The Balaban J connectivity index is 2.42. The highest BCUT2D eigenvalue weighted by molar-refractivity contribution is 4.77. The van der Waals surface area contributed by atoms with Crippen LogP contribution in [0.4, 0.5) is 0 Å². The average Bonchev–Trinajstić information content (AvgIpc) is 1.95. The lowest BCUT2D eigenvalue weighted by molar-refractivity contribution is 0.109. The molecule has 0 radical (unpaired) electrons. The Morgan fingerprint density at radius 1 is 1.60 bits per heavy atom. The van der Waals surface area contributed by atoms with Gasteiger partial charge < -0.3 is 5.32 Å². The van der Waals surface area contributed by atoms with Crippen LogP contribution in [0, 0.1) is 0 Å². The molecule has 60 valence electrons. The van der Waals surface area contributed by atoms with E-state index in [1.165, 1.54) is 19.4 Å². The van der Waals surface area contributed by atoms with Gasteiger partial charge in [-0.3, -0.25) is 4.90 Å². The standard InChI is InChI=1S/C8H18N2/c1-4-8-5-6-9-7(2)10(8)3/h7-9H,4-6H2,1-3H3. The Labute approximate surface area is 63.6 Å². The second-order valence-electron chi connectivity index (χ2n) is 3.15. The van der Waals surface area contributed by atoms with Gasteiger partial charge in [0.05, 0.1) is 6.17 Å². The molecule has 1 aliphatic rings. The van der Waals surface area contributed by atoms with Crippen molar-refractivity contribution in [2.45, 2.75) is 38.9 Å². The second kappa shape index (κ2) is 3.35. The minimum atomic E-state index is 0.568. The molecule has 0 aromatic heterocycles. The van der Waals surface area contributed by atoms with E-state index < -0.39 is 0 Å². The lowest BCUT2D eigenvalue weighted by Gasteiger charge is -2.38. The van der Waals surface area contributed by atoms with Crippen LogP contribution in [-0.2, 0) is 0 Å². The van der Waals surface area contributed by atoms with Gasteiger partial charge in [0.2, 0.25) is 0 Å². The fourth-order valence-corrected chi connectivity index (χ4v) is 1.61. The first kappa shape index (κ1) is 8.02. The van der Waals surface area contributed by atoms with Gasteiger partial charge in [-0.1, -0.05) is 6.92 Å². The van der Waals surface area contributed by atoms with Gasteiger partial charge in [-0.25, -0.2) is 0 Å². The van der Waals surface area contributed by atoms with Crippen LogP contribution >= 0.6 is 0 Å². The predicted molar refractivity (Wildman–Crippen MR) is 43.9 cm³/mol. The molecule has 0 aromatic carbocycles. The van der Waals surface area contributed by atoms with Crippen LogP contribution in [-0.4, -0.2) is 30.7 Å². The van der Waals surface area contributed by atoms with Gasteiger partial charge in [0.15, 0.2) is 0 Å². The van der Waals surface area contributed by atoms with Gasteiger partial charge in [0.1, 0.15) is 0 Å². The number of rotatable bonds is 1. The summed E-state index contributed by atoms with van der Waals surface area (Å²) in [5.41, 5.74) is 0. The van der Waals surface area contributed by atoms with Crippen molar-refractivity contribution in [3.05, 3.63) is 0 Å². The van der Waals surface area contributed by atoms with Crippen molar-refractivity contribution < 1.29 is 0 Å². The molecule has 1 fully saturated rings. The summed E-state index contributed by atoms with van der Waals surface area (Å²) in [6.07, 6.45) is 3.15. The summed E-state index contributed by atoms with van der Waals surface area (Å²) >= 11 is 0. The Morgan fingerprint density at radius 2 is 2.30 bits per heavy atom. The number of hydrogen-bond donors (Lipinski definition) is 1. The first-order valence-electron chi connectivity index (χ1n) is 4.21. The van der Waals surface area contributed by atoms with Crippen LogP contribution < -0.4 is 5.32 Å². The van der Waals surface area contributed by atoms with Crippen molar-refractivity contribution in [1.29, 1.82) is 0 Å². The van der Waals surface area contributed by atoms with Crippen LogP contribution in [0.1, 0.15) is 26.7 Å². The van der Waals surface area contributed by atoms with Crippen molar-refractivity contribution >= 4 is 0 Å². The average molecular weight is 142 g/mol. The second-order valence-corrected chi connectivity index (χ2v) is 3.15. The molecular formula is C8H18N2. The lowest BCUT2D eigenvalue weighted by atomic mass is 10.1. The fraction of sp³-hybridized carbons (Fsp3) is 1.00. The first-order valence-corrected chi connectivity index (χ1v) is 4.21. The van der Waals surface area contributed by atoms with Crippen molar-refractivity contribution in [1.82, 2.24) is 10.2 Å². The predicted octanol–water partition coefficient (Wildman–Crippen LogP) is 1.04. The highest BCUT2D eigenvalue weighted by Gasteiger charge is 2.21. The van der Waals surface area contributed by atoms with E-state index in [2.05, 4.69) is 31.1 Å². The number of nitrogens with zero attached hydrogens (tertiary/aromatic N) is 1. The third-order valence-corrected chi connectivity index (χ3v) is 2.58. The third-order valence-electron chi connectivity index (χ3n) is 2.58. The maximum Gasteiger partial charge on any atom is 0.0567 e. The molecule has 2 nitrogen and oxygen atoms in total. The molecule has 1 aliphatic heterocycles. The first-order chi connectivity index (χ1) is 4.75. The zero-order valence-corrected chi connectivity index (χ0v) is 7.22. The van der Waals surface area contributed by atoms with Crippen molar-refractivity contribution in [2.24, 2.45) is 0 Å². The van der Waals surface area contributed by atoms with Crippen LogP contribution in [0.3, 0.4) is 0 Å². The maximum atomic E-state index is 3.42. The molecule has 2 atom stereocenters. The zero-order valence-electron chi connectivity index (χ0n) is 7.22. The van der Waals surface area contributed by atoms with E-state index in [1.807, 2.05) is 0 Å². The highest BCUT2D eigenvalue weighted by Crippen LogP contribution is 2.12. The largest absolute Gasteiger partial charge is 0.302 e. The molecule has 1 rings (SSSR count). The molecule has 0 aliphatic carbocycles. The molecule has 2 heteroatoms. The molecule has 2 unspecified atom stereocenters. The Morgan fingerprint density at radius 3 is 2.80 bits per heavy atom. The van der Waals surface area contributed by atoms with Crippen molar-refractivity contribution in [3.8, 4) is 0 Å². The summed E-state index contributed by atoms with van der Waals surface area (Å²) in [5.74, 6) is 0. The van der Waals surface area contributed by atoms with E-state index in [0.29, 0.717) is 6.17 Å². The quantitative estimate of drug-likeness (QED) is 0.588. The third kappa shape index (κ3) is 1.50. The molecule has 0 spiro atoms. The smallest absolute Gasteiger partial charge is 0.0567 e. The Kier molecular flexibility index (Phi) is 2.69. The molecule has 1 N–H and O–H groups in total. The summed E-state index contributed by atoms with van der Waals surface area (Å²) in [6.45, 7) is 5.67. The van der Waals surface area contributed by atoms with Crippen LogP contribution in [0.15, 0.2) is 0 Å². The van der Waals surface area contributed by atoms with Gasteiger partial charge in [0.25, 0.3) is 0 Å². The topological polar surface area (TPSA) is 15.3 Å². The van der Waals surface area contributed by atoms with Crippen LogP contribution in [0.25, 0.3) is 0 Å². The summed E-state index contributed by atoms with van der Waals surface area (Å²) in [7, 11) is 2.20. The van der Waals surface area contributed by atoms with Crippen molar-refractivity contribution in [2.75, 3.05) is 13.6 Å². The number of hydrogen-bond acceptors (Lipinski definition) is 2. The molecule has 0 bridgehead atoms. The van der Waals surface area contributed by atoms with E-state index in [9.17, 15) is 0 Å². The zero-order chi connectivity index (χ0) is 7.56. The summed E-state index contributed by atoms with van der Waals surface area (Å²) in [5, 5.41) is 3.42. The molecule has 1 heterocycles. The lowest BCUT2D eigenvalue weighted by Crippen LogP contribution is -2.52. The van der Waals surface area contributed by atoms with Crippen molar-refractivity contribution in [3.63, 3.8) is 0 Å². The molecular weight excluding hydrogens is 124 g/mol. The van der Waals surface area contributed by atoms with Crippen LogP contribution in [0.2, 0.25) is 0 Å². The monoisotopic (exact) mass is 142 g/mol.